The third kappa shape index (κ3) is 4.53. The highest BCUT2D eigenvalue weighted by Gasteiger charge is 2.34. The minimum atomic E-state index is -0.698. The summed E-state index contributed by atoms with van der Waals surface area (Å²) < 4.78 is 25.5. The zero-order chi connectivity index (χ0) is 24.2. The molecule has 0 saturated carbocycles. The first-order chi connectivity index (χ1) is 16.4. The van der Waals surface area contributed by atoms with E-state index in [9.17, 15) is 19.2 Å². The number of ether oxygens (including phenoxy) is 3. The maximum absolute atomic E-state index is 12.7. The van der Waals surface area contributed by atoms with Crippen molar-refractivity contribution in [3.05, 3.63) is 77.3 Å². The molecule has 0 atom stereocenters. The fourth-order valence-electron chi connectivity index (χ4n) is 3.11. The molecule has 11 nitrogen and oxygen atoms in total. The van der Waals surface area contributed by atoms with Gasteiger partial charge in [-0.25, -0.2) is 14.4 Å². The molecule has 34 heavy (non-hydrogen) atoms. The van der Waals surface area contributed by atoms with Crippen LogP contribution in [0.25, 0.3) is 6.08 Å². The molecule has 0 spiro atoms. The topological polar surface area (TPSA) is 138 Å². The van der Waals surface area contributed by atoms with E-state index in [4.69, 9.17) is 18.3 Å². The Morgan fingerprint density at radius 2 is 1.85 bits per heavy atom. The van der Waals surface area contributed by atoms with Crippen molar-refractivity contribution in [2.75, 3.05) is 14.2 Å². The smallest absolute Gasteiger partial charge is 0.379 e. The number of urea groups is 1. The monoisotopic (exact) mass is 466 g/mol. The van der Waals surface area contributed by atoms with Gasteiger partial charge in [-0.1, -0.05) is 6.07 Å². The van der Waals surface area contributed by atoms with Crippen LogP contribution in [0, 0.1) is 0 Å². The first kappa shape index (κ1) is 22.4. The largest absolute Gasteiger partial charge is 0.493 e. The van der Waals surface area contributed by atoms with E-state index in [0.29, 0.717) is 5.56 Å². The number of nitrogens with one attached hydrogen (secondary N) is 1. The van der Waals surface area contributed by atoms with E-state index >= 15 is 0 Å². The van der Waals surface area contributed by atoms with Gasteiger partial charge in [0.25, 0.3) is 5.91 Å². The van der Waals surface area contributed by atoms with Crippen LogP contribution in [0.2, 0.25) is 0 Å². The highest BCUT2D eigenvalue weighted by atomic mass is 16.6. The van der Waals surface area contributed by atoms with Crippen molar-refractivity contribution >= 4 is 30.0 Å². The summed E-state index contributed by atoms with van der Waals surface area (Å²) in [7, 11) is 2.61. The highest BCUT2D eigenvalue weighted by molar-refractivity contribution is 6.13. The Morgan fingerprint density at radius 1 is 1.03 bits per heavy atom. The van der Waals surface area contributed by atoms with Crippen LogP contribution >= 0.6 is 0 Å². The van der Waals surface area contributed by atoms with E-state index in [1.807, 2.05) is 0 Å². The maximum Gasteiger partial charge on any atom is 0.379 e. The summed E-state index contributed by atoms with van der Waals surface area (Å²) in [5, 5.41) is 2.49. The summed E-state index contributed by atoms with van der Waals surface area (Å²) in [6.07, 6.45) is 2.80. The molecule has 1 saturated heterocycles. The van der Waals surface area contributed by atoms with E-state index in [-0.39, 0.29) is 41.0 Å². The summed E-state index contributed by atoms with van der Waals surface area (Å²) in [6.45, 7) is -0.177. The van der Waals surface area contributed by atoms with E-state index in [1.165, 1.54) is 56.9 Å². The summed E-state index contributed by atoms with van der Waals surface area (Å²) in [4.78, 5) is 49.6. The second-order valence-electron chi connectivity index (χ2n) is 6.91. The minimum Gasteiger partial charge on any atom is -0.493 e. The fourth-order valence-corrected chi connectivity index (χ4v) is 3.11. The lowest BCUT2D eigenvalue weighted by atomic mass is 10.1. The predicted molar refractivity (Wildman–Crippen MR) is 114 cm³/mol. The molecule has 0 unspecified atom stereocenters. The molecule has 0 bridgehead atoms. The van der Waals surface area contributed by atoms with Crippen LogP contribution in [-0.4, -0.2) is 43.0 Å². The summed E-state index contributed by atoms with van der Waals surface area (Å²) in [5.74, 6) is -1.36. The van der Waals surface area contributed by atoms with Gasteiger partial charge in [-0.15, -0.1) is 0 Å². The van der Waals surface area contributed by atoms with Crippen LogP contribution in [-0.2, 0) is 16.1 Å². The quantitative estimate of drug-likeness (QED) is 0.241. The lowest BCUT2D eigenvalue weighted by Crippen LogP contribution is -2.30. The Hall–Kier alpha value is -4.80. The average Bonchev–Trinajstić information content (AvgIpc) is 3.58. The molecule has 1 aliphatic heterocycles. The Kier molecular flexibility index (Phi) is 6.17. The van der Waals surface area contributed by atoms with Gasteiger partial charge in [0.15, 0.2) is 11.5 Å². The Balaban J connectivity index is 1.49. The zero-order valence-corrected chi connectivity index (χ0v) is 18.0. The Labute approximate surface area is 192 Å². The van der Waals surface area contributed by atoms with Crippen molar-refractivity contribution in [2.24, 2.45) is 0 Å². The standard InChI is InChI=1S/C23H18N2O9/c1-30-19-11-13(5-7-16(19)34-22(28)17-4-3-9-32-17)10-15-20(26)25(23(29)24-15)12-14-6-8-18(33-14)21(27)31-2/h3-11H,12H2,1-2H3,(H,24,29)/b15-10-. The van der Waals surface area contributed by atoms with E-state index < -0.39 is 23.9 Å². The molecule has 4 rings (SSSR count). The second-order valence-corrected chi connectivity index (χ2v) is 6.91. The first-order valence-electron chi connectivity index (χ1n) is 9.85. The average molecular weight is 466 g/mol. The van der Waals surface area contributed by atoms with Crippen molar-refractivity contribution in [3.8, 4) is 11.5 Å². The number of carbonyl (C=O) groups is 4. The van der Waals surface area contributed by atoms with E-state index in [0.717, 1.165) is 4.90 Å². The van der Waals surface area contributed by atoms with Crippen LogP contribution in [0.4, 0.5) is 4.79 Å². The number of hydrogen-bond donors (Lipinski definition) is 1. The van der Waals surface area contributed by atoms with Gasteiger partial charge in [0.2, 0.25) is 11.5 Å². The fraction of sp³-hybridized carbons (Fsp3) is 0.130. The van der Waals surface area contributed by atoms with E-state index in [2.05, 4.69) is 10.1 Å². The van der Waals surface area contributed by atoms with Crippen molar-refractivity contribution in [2.45, 2.75) is 6.54 Å². The van der Waals surface area contributed by atoms with Crippen LogP contribution in [0.5, 0.6) is 11.5 Å². The van der Waals surface area contributed by atoms with Gasteiger partial charge in [-0.3, -0.25) is 9.69 Å². The highest BCUT2D eigenvalue weighted by Crippen LogP contribution is 2.30. The molecule has 174 valence electrons. The molecule has 0 aliphatic carbocycles. The normalized spacial score (nSPS) is 14.3. The predicted octanol–water partition coefficient (Wildman–Crippen LogP) is 2.98. The summed E-state index contributed by atoms with van der Waals surface area (Å²) in [5.41, 5.74) is 0.526. The summed E-state index contributed by atoms with van der Waals surface area (Å²) in [6, 6.07) is 9.85. The van der Waals surface area contributed by atoms with Gasteiger partial charge in [0.1, 0.15) is 11.5 Å². The SMILES string of the molecule is COC(=O)c1ccc(CN2C(=O)N/C(=C\c3ccc(OC(=O)c4ccco4)c(OC)c3)C2=O)o1. The molecule has 3 heterocycles. The molecule has 1 N–H and O–H groups in total. The van der Waals surface area contributed by atoms with Crippen molar-refractivity contribution in [1.29, 1.82) is 0 Å². The van der Waals surface area contributed by atoms with Gasteiger partial charge >= 0.3 is 18.0 Å². The number of nitrogens with zero attached hydrogens (tertiary/aromatic N) is 1. The third-order valence-electron chi connectivity index (χ3n) is 4.75. The first-order valence-corrected chi connectivity index (χ1v) is 9.85. The van der Waals surface area contributed by atoms with Crippen molar-refractivity contribution < 1.29 is 42.2 Å². The van der Waals surface area contributed by atoms with Gasteiger partial charge in [0.05, 0.1) is 27.0 Å². The molecule has 0 radical (unpaired) electrons. The molecular weight excluding hydrogens is 448 g/mol. The third-order valence-corrected chi connectivity index (χ3v) is 4.75. The van der Waals surface area contributed by atoms with Crippen molar-refractivity contribution in [3.63, 3.8) is 0 Å². The number of methoxy groups -OCH3 is 2. The Bertz CT molecular complexity index is 1290. The van der Waals surface area contributed by atoms with Gasteiger partial charge in [0, 0.05) is 0 Å². The molecule has 11 heteroatoms. The lowest BCUT2D eigenvalue weighted by molar-refractivity contribution is -0.123. The zero-order valence-electron chi connectivity index (χ0n) is 18.0. The van der Waals surface area contributed by atoms with Crippen LogP contribution in [0.15, 0.2) is 63.3 Å². The summed E-state index contributed by atoms with van der Waals surface area (Å²) >= 11 is 0. The molecule has 1 aliphatic rings. The van der Waals surface area contributed by atoms with Crippen LogP contribution in [0.3, 0.4) is 0 Å². The van der Waals surface area contributed by atoms with Crippen LogP contribution < -0.4 is 14.8 Å². The lowest BCUT2D eigenvalue weighted by Gasteiger charge is -2.10. The maximum atomic E-state index is 12.7. The van der Waals surface area contributed by atoms with Crippen molar-refractivity contribution in [1.82, 2.24) is 10.2 Å². The second kappa shape index (κ2) is 9.36. The van der Waals surface area contributed by atoms with Gasteiger partial charge in [-0.2, -0.15) is 0 Å². The van der Waals surface area contributed by atoms with Crippen LogP contribution in [0.1, 0.15) is 32.4 Å². The molecular formula is C23H18N2O9. The van der Waals surface area contributed by atoms with Gasteiger partial charge in [-0.05, 0) is 48.0 Å². The number of carbonyl (C=O) groups excluding carboxylic acids is 4. The molecule has 1 fully saturated rings. The molecule has 2 aromatic heterocycles. The number of amides is 3. The Morgan fingerprint density at radius 3 is 2.56 bits per heavy atom. The number of rotatable bonds is 7. The number of esters is 2. The van der Waals surface area contributed by atoms with E-state index in [1.54, 1.807) is 12.1 Å². The molecule has 1 aromatic carbocycles. The number of imide groups is 1. The van der Waals surface area contributed by atoms with Gasteiger partial charge < -0.3 is 28.4 Å². The molecule has 3 amide bonds. The minimum absolute atomic E-state index is 0.0205. The number of furan rings is 2. The number of hydrogen-bond acceptors (Lipinski definition) is 9. The number of benzene rings is 1. The molecule has 3 aromatic rings.